The van der Waals surface area contributed by atoms with Gasteiger partial charge in [0.1, 0.15) is 16.2 Å². The molecule has 0 saturated heterocycles. The first-order valence-electron chi connectivity index (χ1n) is 28.5. The highest BCUT2D eigenvalue weighted by molar-refractivity contribution is 7.78. The van der Waals surface area contributed by atoms with Crippen molar-refractivity contribution in [2.75, 3.05) is 16.4 Å². The lowest BCUT2D eigenvalue weighted by atomic mass is 10.0. The molecule has 6 heterocycles. The molecule has 0 radical (unpaired) electrons. The molecule has 4 amide bonds. The lowest BCUT2D eigenvalue weighted by Crippen LogP contribution is -2.40. The van der Waals surface area contributed by atoms with E-state index in [-0.39, 0.29) is 53.0 Å². The van der Waals surface area contributed by atoms with E-state index < -0.39 is 23.4 Å². The van der Waals surface area contributed by atoms with Gasteiger partial charge in [0, 0.05) is 113 Å². The summed E-state index contributed by atoms with van der Waals surface area (Å²) in [5, 5.41) is 12.5. The monoisotopic (exact) mass is 1360 g/mol. The number of aromatic nitrogens is 4. The van der Waals surface area contributed by atoms with Crippen molar-refractivity contribution in [3.05, 3.63) is 229 Å². The third-order valence-electron chi connectivity index (χ3n) is 11.8. The minimum absolute atomic E-state index is 0. The molecule has 2 aromatic carbocycles. The van der Waals surface area contributed by atoms with Gasteiger partial charge in [0.15, 0.2) is 17.9 Å². The maximum Gasteiger partial charge on any atom is 0.428 e. The number of benzene rings is 2. The van der Waals surface area contributed by atoms with Crippen molar-refractivity contribution in [2.45, 2.75) is 122 Å². The van der Waals surface area contributed by atoms with Crippen molar-refractivity contribution in [3.8, 4) is 0 Å². The molecule has 0 fully saturated rings. The van der Waals surface area contributed by atoms with E-state index in [0.717, 1.165) is 38.4 Å². The fraction of sp³-hybridized carbons (Fsp3) is 0.269. The predicted molar refractivity (Wildman–Crippen MR) is 378 cm³/mol. The maximum absolute atomic E-state index is 12.7. The van der Waals surface area contributed by atoms with Gasteiger partial charge in [-0.2, -0.15) is 10.1 Å². The molecule has 0 saturated carbocycles. The van der Waals surface area contributed by atoms with Crippen LogP contribution < -0.4 is 54.9 Å². The fourth-order valence-corrected chi connectivity index (χ4v) is 9.30. The Balaban J connectivity index is 0.000000397. The lowest BCUT2D eigenvalue weighted by molar-refractivity contribution is -0.115. The van der Waals surface area contributed by atoms with Crippen LogP contribution in [-0.4, -0.2) is 84.4 Å². The van der Waals surface area contributed by atoms with Crippen LogP contribution in [0, 0.1) is 27.7 Å². The number of thiophene rings is 2. The van der Waals surface area contributed by atoms with Crippen molar-refractivity contribution in [1.29, 1.82) is 0 Å². The van der Waals surface area contributed by atoms with Crippen molar-refractivity contribution in [1.82, 2.24) is 36.2 Å². The van der Waals surface area contributed by atoms with Gasteiger partial charge in [-0.05, 0) is 171 Å². The molecule has 0 aliphatic heterocycles. The van der Waals surface area contributed by atoms with Gasteiger partial charge in [-0.15, -0.1) is 22.7 Å². The number of pyridine rings is 4. The van der Waals surface area contributed by atoms with Gasteiger partial charge in [0.2, 0.25) is 34.1 Å². The molecule has 0 aliphatic rings. The normalized spacial score (nSPS) is 10.2. The molecule has 0 atom stereocenters. The van der Waals surface area contributed by atoms with Crippen LogP contribution in [-0.2, 0) is 32.0 Å². The van der Waals surface area contributed by atoms with E-state index in [9.17, 15) is 52.7 Å². The molecular weight excluding hydrogens is 1280 g/mol. The molecule has 0 bridgehead atoms. The number of carbonyl (C=O) groups excluding carboxylic acids is 7. The van der Waals surface area contributed by atoms with Crippen molar-refractivity contribution in [2.24, 2.45) is 10.1 Å². The minimum atomic E-state index is -0.627. The second kappa shape index (κ2) is 39.7. The number of hydrazone groups is 1. The second-order valence-electron chi connectivity index (χ2n) is 21.8. The maximum atomic E-state index is 12.7. The topological polar surface area (TPSA) is 380 Å². The van der Waals surface area contributed by atoms with Gasteiger partial charge in [-0.25, -0.2) is 20.4 Å². The number of anilines is 3. The third-order valence-corrected chi connectivity index (χ3v) is 14.1. The Morgan fingerprint density at radius 2 is 1.01 bits per heavy atom. The number of nitrogens with one attached hydrogen (secondary N) is 9. The molecular formula is C67H80N12O13S3. The Labute approximate surface area is 562 Å². The van der Waals surface area contributed by atoms with Crippen LogP contribution >= 0.6 is 34.9 Å². The summed E-state index contributed by atoms with van der Waals surface area (Å²) in [5.74, 6) is -0.488. The lowest BCUT2D eigenvalue weighted by Gasteiger charge is -2.19. The number of amides is 4. The number of aryl methyl sites for hydroxylation is 3. The van der Waals surface area contributed by atoms with Crippen LogP contribution in [0.5, 0.6) is 0 Å². The molecule has 0 unspecified atom stereocenters. The van der Waals surface area contributed by atoms with E-state index in [1.54, 1.807) is 121 Å². The summed E-state index contributed by atoms with van der Waals surface area (Å²) in [6, 6.07) is 25.8. The van der Waals surface area contributed by atoms with Gasteiger partial charge in [0.05, 0.1) is 27.5 Å². The van der Waals surface area contributed by atoms with E-state index in [2.05, 4.69) is 74.3 Å². The van der Waals surface area contributed by atoms with E-state index in [1.165, 1.54) is 79.4 Å². The Bertz CT molecular complexity index is 4140. The Kier molecular flexibility index (Phi) is 33.6. The predicted octanol–water partition coefficient (Wildman–Crippen LogP) is 11.3. The van der Waals surface area contributed by atoms with Gasteiger partial charge in [-0.3, -0.25) is 48.6 Å². The number of thiocarbonyl (C=S) groups is 1. The Hall–Kier alpha value is -10.6. The largest absolute Gasteiger partial charge is 0.443 e. The Morgan fingerprint density at radius 1 is 0.589 bits per heavy atom. The number of nitrogen functional groups attached to an aromatic ring is 1. The second-order valence-corrected chi connectivity index (χ2v) is 24.4. The molecule has 504 valence electrons. The number of isothiocyanates is 1. The van der Waals surface area contributed by atoms with Gasteiger partial charge in [-0.1, -0.05) is 26.5 Å². The summed E-state index contributed by atoms with van der Waals surface area (Å²) in [7, 11) is 0. The molecule has 28 heteroatoms. The highest BCUT2D eigenvalue weighted by atomic mass is 32.1. The number of aliphatic imine (C=N–C) groups is 1. The molecule has 0 spiro atoms. The number of hydrogen-bond acceptors (Lipinski definition) is 20. The molecule has 0 aliphatic carbocycles. The number of aromatic amines is 4. The number of nitrogens with zero attached hydrogens (tertiary/aromatic N) is 2. The zero-order chi connectivity index (χ0) is 70.3. The first kappa shape index (κ1) is 80.5. The summed E-state index contributed by atoms with van der Waals surface area (Å²) in [5.41, 5.74) is 20.1. The molecule has 8 rings (SSSR count). The number of hydrogen-bond donors (Lipinski definition) is 10. The van der Waals surface area contributed by atoms with E-state index >= 15 is 0 Å². The molecule has 95 heavy (non-hydrogen) atoms. The SMILES string of the molecule is C.CC(=O)Nc1ccc(C(=O)c2c(N)sc(C)c2C)cc1.CC(=O)Nc1ccc(C(=O)c2c(N=C=S)sc(C)c2C)cc1.CC(C)(C)OC(=O)N/N=C/c1ccc(=O)[nH]c1.CC(C)(C)OC(=O)NNCc1ccc(=O)[nH]c1.CCc1ccc(=O)[nH]c1.O=Cc1ccc(=O)[nH]c1. The number of aldehydes is 1. The van der Waals surface area contributed by atoms with Gasteiger partial charge in [0.25, 0.3) is 0 Å². The van der Waals surface area contributed by atoms with Crippen LogP contribution in [0.4, 0.5) is 31.0 Å². The van der Waals surface area contributed by atoms with E-state index in [0.29, 0.717) is 67.6 Å². The first-order chi connectivity index (χ1) is 44.2. The molecule has 25 nitrogen and oxygen atoms in total. The molecule has 6 aromatic heterocycles. The molecule has 8 aromatic rings. The summed E-state index contributed by atoms with van der Waals surface area (Å²) in [6.45, 7) is 23.7. The van der Waals surface area contributed by atoms with E-state index in [4.69, 9.17) is 15.2 Å². The van der Waals surface area contributed by atoms with Crippen LogP contribution in [0.2, 0.25) is 0 Å². The zero-order valence-electron chi connectivity index (χ0n) is 54.1. The fourth-order valence-electron chi connectivity index (χ4n) is 7.23. The number of nitrogens with two attached hydrogens (primary N) is 1. The first-order valence-corrected chi connectivity index (χ1v) is 30.6. The van der Waals surface area contributed by atoms with Crippen LogP contribution in [0.25, 0.3) is 0 Å². The van der Waals surface area contributed by atoms with Crippen LogP contribution in [0.15, 0.2) is 151 Å². The smallest absolute Gasteiger partial charge is 0.428 e. The summed E-state index contributed by atoms with van der Waals surface area (Å²) in [4.78, 5) is 138. The van der Waals surface area contributed by atoms with Crippen LogP contribution in [0.3, 0.4) is 0 Å². The quantitative estimate of drug-likeness (QED) is 0.0159. The standard InChI is InChI=1S/C16H14N2O2S2.C15H16N2O2S.C11H17N3O3.C11H15N3O3.C7H9NO.C6H5NO2.CH4/c1-9-10(2)22-16(17-8-21)14(9)15(20)12-4-6-13(7-5-12)18-11(3)19;1-8-9(2)20-15(16)13(8)14(19)11-4-6-12(7-5-11)17-10(3)18;2*1-11(2,3)17-10(16)14-13-7-8-4-5-9(15)12-6-8;1-2-6-3-4-7(9)8-5-6;8-4-5-1-2-6(9)7-3-5;/h4-7H,1-3H3,(H,18,19);4-7H,16H2,1-3H3,(H,17,18);4-6,13H,7H2,1-3H3,(H,12,15)(H,14,16);4-7H,1-3H3,(H,12,15)(H,14,16);3-5H,2H2,1H3,(H,8,9);1-4H,(H,7,9);1H4/b;;;13-7+;;;. The average molecular weight is 1360 g/mol. The molecule has 11 N–H and O–H groups in total. The number of rotatable bonds is 14. The number of carbonyl (C=O) groups is 7. The van der Waals surface area contributed by atoms with Gasteiger partial charge < -0.3 is 45.8 Å². The van der Waals surface area contributed by atoms with Crippen molar-refractivity contribution in [3.63, 3.8) is 0 Å². The third kappa shape index (κ3) is 30.6. The highest BCUT2D eigenvalue weighted by Gasteiger charge is 2.22. The number of H-pyrrole nitrogens is 4. The number of ether oxygens (including phenoxy) is 2. The minimum Gasteiger partial charge on any atom is -0.443 e. The highest BCUT2D eigenvalue weighted by Crippen LogP contribution is 2.36. The summed E-state index contributed by atoms with van der Waals surface area (Å²) in [6.07, 6.45) is 8.05. The number of hydrazine groups is 1. The van der Waals surface area contributed by atoms with Crippen LogP contribution in [0.1, 0.15) is 150 Å². The van der Waals surface area contributed by atoms with Crippen molar-refractivity contribution >= 4 is 109 Å². The van der Waals surface area contributed by atoms with Crippen molar-refractivity contribution < 1.29 is 43.0 Å². The summed E-state index contributed by atoms with van der Waals surface area (Å²) < 4.78 is 10.00. The number of ketones is 2. The zero-order valence-corrected chi connectivity index (χ0v) is 56.6. The summed E-state index contributed by atoms with van der Waals surface area (Å²) >= 11 is 7.50. The van der Waals surface area contributed by atoms with Gasteiger partial charge >= 0.3 is 12.2 Å². The average Bonchev–Trinajstić information content (AvgIpc) is 1.69. The van der Waals surface area contributed by atoms with E-state index in [1.807, 2.05) is 40.7 Å². The Morgan fingerprint density at radius 3 is 1.40 bits per heavy atom.